The monoisotopic (exact) mass is 369 g/mol. The number of nitrogens with one attached hydrogen (secondary N) is 2. The highest BCUT2D eigenvalue weighted by Gasteiger charge is 2.45. The van der Waals surface area contributed by atoms with Gasteiger partial charge in [0.1, 0.15) is 5.75 Å². The van der Waals surface area contributed by atoms with Crippen molar-refractivity contribution < 1.29 is 14.3 Å². The summed E-state index contributed by atoms with van der Waals surface area (Å²) in [6.45, 7) is 2.11. The number of nitrogens with zero attached hydrogens (tertiary/aromatic N) is 1. The molecular weight excluding hydrogens is 342 g/mol. The Hall–Kier alpha value is -2.50. The Kier molecular flexibility index (Phi) is 4.81. The molecule has 2 N–H and O–H groups in total. The van der Waals surface area contributed by atoms with E-state index in [1.54, 1.807) is 14.0 Å². The Labute approximate surface area is 159 Å². The third-order valence-electron chi connectivity index (χ3n) is 6.04. The molecule has 4 rings (SSSR count). The number of para-hydroxylation sites is 1. The van der Waals surface area contributed by atoms with Crippen molar-refractivity contribution in [2.24, 2.45) is 0 Å². The lowest BCUT2D eigenvalue weighted by Crippen LogP contribution is -2.51. The molecule has 1 fully saturated rings. The molecule has 6 heteroatoms. The van der Waals surface area contributed by atoms with Gasteiger partial charge in [-0.15, -0.1) is 0 Å². The van der Waals surface area contributed by atoms with Crippen molar-refractivity contribution in [2.75, 3.05) is 13.7 Å². The number of carbonyl (C=O) groups excluding carboxylic acids is 2. The number of amides is 2. The van der Waals surface area contributed by atoms with Crippen LogP contribution in [0.25, 0.3) is 0 Å². The predicted molar refractivity (Wildman–Crippen MR) is 102 cm³/mol. The van der Waals surface area contributed by atoms with Gasteiger partial charge < -0.3 is 20.3 Å². The van der Waals surface area contributed by atoms with Crippen LogP contribution in [0.15, 0.2) is 35.5 Å². The first-order chi connectivity index (χ1) is 13.1. The molecular formula is C21H27N3O3. The topological polar surface area (TPSA) is 70.7 Å². The molecule has 3 aliphatic rings. The fraction of sp³-hybridized carbons (Fsp3) is 0.524. The van der Waals surface area contributed by atoms with Gasteiger partial charge in [-0.25, -0.2) is 0 Å². The van der Waals surface area contributed by atoms with Crippen molar-refractivity contribution in [3.05, 3.63) is 41.1 Å². The van der Waals surface area contributed by atoms with Crippen molar-refractivity contribution in [1.29, 1.82) is 0 Å². The van der Waals surface area contributed by atoms with Gasteiger partial charge in [0.25, 0.3) is 5.91 Å². The van der Waals surface area contributed by atoms with Crippen molar-refractivity contribution >= 4 is 11.8 Å². The molecule has 144 valence electrons. The number of fused-ring (bicyclic) bond motifs is 1. The Morgan fingerprint density at radius 2 is 1.96 bits per heavy atom. The Balaban J connectivity index is 1.91. The minimum absolute atomic E-state index is 0.00180. The normalized spacial score (nSPS) is 27.7. The van der Waals surface area contributed by atoms with E-state index in [1.165, 1.54) is 6.42 Å². The first-order valence-corrected chi connectivity index (χ1v) is 9.81. The van der Waals surface area contributed by atoms with Crippen LogP contribution in [0.2, 0.25) is 0 Å². The number of hydrogen-bond donors (Lipinski definition) is 2. The van der Waals surface area contributed by atoms with E-state index >= 15 is 0 Å². The van der Waals surface area contributed by atoms with Crippen LogP contribution in [0.4, 0.5) is 0 Å². The van der Waals surface area contributed by atoms with Gasteiger partial charge in [0.2, 0.25) is 5.91 Å². The van der Waals surface area contributed by atoms with Crippen LogP contribution >= 0.6 is 0 Å². The van der Waals surface area contributed by atoms with Crippen LogP contribution in [-0.2, 0) is 9.59 Å². The molecule has 27 heavy (non-hydrogen) atoms. The van der Waals surface area contributed by atoms with Gasteiger partial charge in [0.05, 0.1) is 31.3 Å². The highest BCUT2D eigenvalue weighted by atomic mass is 16.5. The SMILES string of the molecule is COc1ccccc1C1C2=C(CNC2=O)NC2CCCCCC2N1C(C)=O. The summed E-state index contributed by atoms with van der Waals surface area (Å²) < 4.78 is 5.60. The van der Waals surface area contributed by atoms with Crippen LogP contribution in [0.1, 0.15) is 50.6 Å². The van der Waals surface area contributed by atoms with Gasteiger partial charge in [-0.3, -0.25) is 9.59 Å². The van der Waals surface area contributed by atoms with Crippen LogP contribution in [0.3, 0.4) is 0 Å². The second kappa shape index (κ2) is 7.25. The molecule has 6 nitrogen and oxygen atoms in total. The molecule has 1 aromatic carbocycles. The molecule has 0 radical (unpaired) electrons. The maximum Gasteiger partial charge on any atom is 0.251 e. The number of methoxy groups -OCH3 is 1. The summed E-state index contributed by atoms with van der Waals surface area (Å²) in [6, 6.07) is 7.51. The summed E-state index contributed by atoms with van der Waals surface area (Å²) >= 11 is 0. The predicted octanol–water partition coefficient (Wildman–Crippen LogP) is 2.27. The van der Waals surface area contributed by atoms with E-state index in [-0.39, 0.29) is 23.9 Å². The molecule has 2 amide bonds. The van der Waals surface area contributed by atoms with Gasteiger partial charge in [-0.1, -0.05) is 37.5 Å². The zero-order chi connectivity index (χ0) is 19.0. The van der Waals surface area contributed by atoms with Gasteiger partial charge in [0.15, 0.2) is 0 Å². The van der Waals surface area contributed by atoms with Gasteiger partial charge in [-0.2, -0.15) is 0 Å². The van der Waals surface area contributed by atoms with Crippen LogP contribution in [0.5, 0.6) is 5.75 Å². The van der Waals surface area contributed by atoms with Crippen molar-refractivity contribution in [1.82, 2.24) is 15.5 Å². The molecule has 3 atom stereocenters. The molecule has 0 aromatic heterocycles. The largest absolute Gasteiger partial charge is 0.496 e. The molecule has 3 unspecified atom stereocenters. The fourth-order valence-electron chi connectivity index (χ4n) is 4.87. The van der Waals surface area contributed by atoms with Crippen molar-refractivity contribution in [2.45, 2.75) is 57.2 Å². The lowest BCUT2D eigenvalue weighted by atomic mass is 9.92. The minimum Gasteiger partial charge on any atom is -0.496 e. The summed E-state index contributed by atoms with van der Waals surface area (Å²) in [5.74, 6) is 0.599. The van der Waals surface area contributed by atoms with E-state index in [9.17, 15) is 9.59 Å². The first-order valence-electron chi connectivity index (χ1n) is 9.81. The second-order valence-electron chi connectivity index (χ2n) is 7.60. The van der Waals surface area contributed by atoms with E-state index in [4.69, 9.17) is 4.74 Å². The lowest BCUT2D eigenvalue weighted by molar-refractivity contribution is -0.134. The zero-order valence-electron chi connectivity index (χ0n) is 16.0. The summed E-state index contributed by atoms with van der Waals surface area (Å²) in [5.41, 5.74) is 2.45. The smallest absolute Gasteiger partial charge is 0.251 e. The Morgan fingerprint density at radius 3 is 2.74 bits per heavy atom. The molecule has 1 aromatic rings. The summed E-state index contributed by atoms with van der Waals surface area (Å²) in [7, 11) is 1.63. The quantitative estimate of drug-likeness (QED) is 0.839. The molecule has 1 aliphatic carbocycles. The molecule has 0 spiro atoms. The van der Waals surface area contributed by atoms with E-state index in [2.05, 4.69) is 10.6 Å². The summed E-state index contributed by atoms with van der Waals surface area (Å²) in [4.78, 5) is 27.6. The molecule has 2 aliphatic heterocycles. The number of ether oxygens (including phenoxy) is 1. The molecule has 0 saturated heterocycles. The van der Waals surface area contributed by atoms with Crippen molar-refractivity contribution in [3.63, 3.8) is 0 Å². The van der Waals surface area contributed by atoms with Gasteiger partial charge in [0, 0.05) is 24.2 Å². The summed E-state index contributed by atoms with van der Waals surface area (Å²) in [6.07, 6.45) is 5.39. The Morgan fingerprint density at radius 1 is 1.19 bits per heavy atom. The third-order valence-corrected chi connectivity index (χ3v) is 6.04. The third kappa shape index (κ3) is 3.07. The highest BCUT2D eigenvalue weighted by Crippen LogP contribution is 2.42. The van der Waals surface area contributed by atoms with Crippen LogP contribution in [-0.4, -0.2) is 42.5 Å². The highest BCUT2D eigenvalue weighted by molar-refractivity contribution is 5.99. The van der Waals surface area contributed by atoms with Gasteiger partial charge in [-0.05, 0) is 18.9 Å². The first kappa shape index (κ1) is 17.9. The number of hydrogen-bond acceptors (Lipinski definition) is 4. The maximum absolute atomic E-state index is 12.9. The van der Waals surface area contributed by atoms with Crippen LogP contribution in [0, 0.1) is 0 Å². The van der Waals surface area contributed by atoms with E-state index in [1.807, 2.05) is 29.2 Å². The van der Waals surface area contributed by atoms with Gasteiger partial charge >= 0.3 is 0 Å². The number of rotatable bonds is 2. The fourth-order valence-corrected chi connectivity index (χ4v) is 4.87. The van der Waals surface area contributed by atoms with Crippen molar-refractivity contribution in [3.8, 4) is 5.75 Å². The molecule has 0 bridgehead atoms. The number of benzene rings is 1. The van der Waals surface area contributed by atoms with E-state index in [0.29, 0.717) is 17.9 Å². The molecule has 2 heterocycles. The summed E-state index contributed by atoms with van der Waals surface area (Å²) in [5, 5.41) is 6.58. The standard InChI is InChI=1S/C21H27N3O3/c1-13(25)24-17-10-5-3-4-9-15(17)23-16-12-22-21(26)19(16)20(24)14-8-6-7-11-18(14)27-2/h6-8,11,15,17,20,23H,3-5,9-10,12H2,1-2H3,(H,22,26). The number of carbonyl (C=O) groups is 2. The zero-order valence-corrected chi connectivity index (χ0v) is 16.0. The van der Waals surface area contributed by atoms with E-state index in [0.717, 1.165) is 36.9 Å². The average Bonchev–Trinajstić information content (AvgIpc) is 2.83. The second-order valence-corrected chi connectivity index (χ2v) is 7.60. The van der Waals surface area contributed by atoms with Crippen LogP contribution < -0.4 is 15.4 Å². The Bertz CT molecular complexity index is 789. The molecule has 1 saturated carbocycles. The minimum atomic E-state index is -0.434. The van der Waals surface area contributed by atoms with E-state index < -0.39 is 6.04 Å². The average molecular weight is 369 g/mol. The maximum atomic E-state index is 12.9. The lowest BCUT2D eigenvalue weighted by Gasteiger charge is -2.39.